The van der Waals surface area contributed by atoms with Crippen LogP contribution in [0.4, 0.5) is 5.69 Å². The summed E-state index contributed by atoms with van der Waals surface area (Å²) in [7, 11) is 0. The fourth-order valence-corrected chi connectivity index (χ4v) is 5.13. The minimum Gasteiger partial charge on any atom is -0.369 e. The molecule has 3 heterocycles. The summed E-state index contributed by atoms with van der Waals surface area (Å²) in [6, 6.07) is 9.06. The Hall–Kier alpha value is -0.230. The fourth-order valence-electron chi connectivity index (χ4n) is 4.94. The maximum Gasteiger partial charge on any atom is 0.0426 e. The summed E-state index contributed by atoms with van der Waals surface area (Å²) in [5.74, 6) is 0.902. The molecule has 0 saturated carbocycles. The quantitative estimate of drug-likeness (QED) is 0.738. The zero-order valence-electron chi connectivity index (χ0n) is 16.7. The number of piperazine rings is 1. The molecule has 0 spiro atoms. The van der Waals surface area contributed by atoms with E-state index in [0.29, 0.717) is 0 Å². The summed E-state index contributed by atoms with van der Waals surface area (Å²) in [5.41, 5.74) is 1.26. The van der Waals surface area contributed by atoms with E-state index < -0.39 is 0 Å². The van der Waals surface area contributed by atoms with Crippen LogP contribution in [0.2, 0.25) is 5.02 Å². The Morgan fingerprint density at radius 2 is 1.75 bits per heavy atom. The zero-order valence-corrected chi connectivity index (χ0v) is 19.1. The highest BCUT2D eigenvalue weighted by atomic mass is 35.5. The number of nitrogens with one attached hydrogen (secondary N) is 1. The van der Waals surface area contributed by atoms with Crippen LogP contribution in [-0.2, 0) is 0 Å². The van der Waals surface area contributed by atoms with Crippen molar-refractivity contribution in [3.05, 3.63) is 29.3 Å². The molecule has 7 heteroatoms. The Balaban J connectivity index is 0.00000140. The molecule has 1 aromatic carbocycles. The molecule has 3 fully saturated rings. The van der Waals surface area contributed by atoms with Crippen LogP contribution in [0.25, 0.3) is 0 Å². The smallest absolute Gasteiger partial charge is 0.0426 e. The fraction of sp³-hybridized carbons (Fsp3) is 0.714. The van der Waals surface area contributed by atoms with Gasteiger partial charge in [-0.05, 0) is 76.0 Å². The van der Waals surface area contributed by atoms with Gasteiger partial charge in [-0.15, -0.1) is 24.8 Å². The van der Waals surface area contributed by atoms with Gasteiger partial charge in [0.05, 0.1) is 0 Å². The number of halogens is 3. The number of hydrogen-bond donors (Lipinski definition) is 1. The van der Waals surface area contributed by atoms with Crippen LogP contribution in [0.5, 0.6) is 0 Å². The number of nitrogens with zero attached hydrogens (tertiary/aromatic N) is 3. The van der Waals surface area contributed by atoms with Gasteiger partial charge in [-0.2, -0.15) is 0 Å². The number of fused-ring (bicyclic) bond motifs is 1. The number of benzene rings is 1. The van der Waals surface area contributed by atoms with Crippen LogP contribution >= 0.6 is 36.4 Å². The third-order valence-corrected chi connectivity index (χ3v) is 6.71. The predicted molar refractivity (Wildman–Crippen MR) is 125 cm³/mol. The average molecular weight is 450 g/mol. The number of anilines is 1. The standard InChI is InChI=1S/C21H33ClN4.2ClH/c22-19-5-1-6-20(16-19)26-14-12-24(13-15-26)9-3-10-25-11-7-21-18(17-25)4-2-8-23-21;;/h1,5-6,16,18,21,23H,2-4,7-15,17H2;2*1H/t18-,21+;;/m1../s1. The van der Waals surface area contributed by atoms with Crippen LogP contribution in [0, 0.1) is 5.92 Å². The summed E-state index contributed by atoms with van der Waals surface area (Å²) >= 11 is 6.13. The van der Waals surface area contributed by atoms with Gasteiger partial charge >= 0.3 is 0 Å². The highest BCUT2D eigenvalue weighted by molar-refractivity contribution is 6.30. The minimum absolute atomic E-state index is 0. The van der Waals surface area contributed by atoms with E-state index in [4.69, 9.17) is 11.6 Å². The van der Waals surface area contributed by atoms with Gasteiger partial charge in [0.2, 0.25) is 0 Å². The van der Waals surface area contributed by atoms with Gasteiger partial charge in [-0.3, -0.25) is 4.90 Å². The highest BCUT2D eigenvalue weighted by Crippen LogP contribution is 2.25. The molecular formula is C21H35Cl3N4. The third-order valence-electron chi connectivity index (χ3n) is 6.47. The van der Waals surface area contributed by atoms with Crippen LogP contribution in [0.1, 0.15) is 25.7 Å². The first kappa shape index (κ1) is 24.0. The molecule has 3 saturated heterocycles. The molecule has 160 valence electrons. The summed E-state index contributed by atoms with van der Waals surface area (Å²) in [4.78, 5) is 7.82. The van der Waals surface area contributed by atoms with Crippen LogP contribution in [-0.4, -0.2) is 74.7 Å². The van der Waals surface area contributed by atoms with Gasteiger partial charge in [0.25, 0.3) is 0 Å². The summed E-state index contributed by atoms with van der Waals surface area (Å²) < 4.78 is 0. The van der Waals surface area contributed by atoms with Gasteiger partial charge in [0, 0.05) is 49.5 Å². The lowest BCUT2D eigenvalue weighted by atomic mass is 9.85. The highest BCUT2D eigenvalue weighted by Gasteiger charge is 2.30. The zero-order chi connectivity index (χ0) is 17.8. The average Bonchev–Trinajstić information content (AvgIpc) is 2.68. The SMILES string of the molecule is Cl.Cl.Clc1cccc(N2CCN(CCCN3CC[C@@H]4NCCC[C@@H]4C3)CC2)c1. The summed E-state index contributed by atoms with van der Waals surface area (Å²) in [5, 5.41) is 4.56. The second-order valence-corrected chi connectivity index (χ2v) is 8.65. The van der Waals surface area contributed by atoms with E-state index in [1.807, 2.05) is 6.07 Å². The summed E-state index contributed by atoms with van der Waals surface area (Å²) in [6.07, 6.45) is 5.45. The molecule has 0 aromatic heterocycles. The van der Waals surface area contributed by atoms with Crippen molar-refractivity contribution in [2.24, 2.45) is 5.92 Å². The second kappa shape index (κ2) is 11.8. The van der Waals surface area contributed by atoms with Crippen LogP contribution in [0.3, 0.4) is 0 Å². The maximum absolute atomic E-state index is 6.13. The number of rotatable bonds is 5. The van der Waals surface area contributed by atoms with Crippen molar-refractivity contribution in [2.45, 2.75) is 31.7 Å². The lowest BCUT2D eigenvalue weighted by molar-refractivity contribution is 0.109. The first-order valence-electron chi connectivity index (χ1n) is 10.5. The van der Waals surface area contributed by atoms with Gasteiger partial charge < -0.3 is 15.1 Å². The lowest BCUT2D eigenvalue weighted by Crippen LogP contribution is -2.52. The molecule has 3 aliphatic rings. The summed E-state index contributed by atoms with van der Waals surface area (Å²) in [6.45, 7) is 10.9. The molecule has 0 amide bonds. The topological polar surface area (TPSA) is 21.8 Å². The molecular weight excluding hydrogens is 415 g/mol. The van der Waals surface area contributed by atoms with E-state index in [9.17, 15) is 0 Å². The van der Waals surface area contributed by atoms with E-state index >= 15 is 0 Å². The van der Waals surface area contributed by atoms with Crippen molar-refractivity contribution in [3.8, 4) is 0 Å². The first-order chi connectivity index (χ1) is 12.8. The van der Waals surface area contributed by atoms with Gasteiger partial charge in [0.1, 0.15) is 0 Å². The molecule has 1 aromatic rings. The first-order valence-corrected chi connectivity index (χ1v) is 10.8. The van der Waals surface area contributed by atoms with Crippen molar-refractivity contribution < 1.29 is 0 Å². The molecule has 2 atom stereocenters. The third kappa shape index (κ3) is 6.38. The van der Waals surface area contributed by atoms with Crippen molar-refractivity contribution in [1.82, 2.24) is 15.1 Å². The molecule has 1 N–H and O–H groups in total. The van der Waals surface area contributed by atoms with E-state index in [0.717, 1.165) is 30.1 Å². The Kier molecular flexibility index (Phi) is 10.2. The molecule has 3 aliphatic heterocycles. The molecule has 4 rings (SSSR count). The largest absolute Gasteiger partial charge is 0.369 e. The van der Waals surface area contributed by atoms with Gasteiger partial charge in [0.15, 0.2) is 0 Å². The molecule has 0 aliphatic carbocycles. The normalized spacial score (nSPS) is 26.1. The van der Waals surface area contributed by atoms with E-state index in [-0.39, 0.29) is 24.8 Å². The van der Waals surface area contributed by atoms with Crippen molar-refractivity contribution in [1.29, 1.82) is 0 Å². The maximum atomic E-state index is 6.13. The molecule has 0 bridgehead atoms. The molecule has 28 heavy (non-hydrogen) atoms. The Morgan fingerprint density at radius 3 is 2.54 bits per heavy atom. The van der Waals surface area contributed by atoms with Crippen molar-refractivity contribution in [2.75, 3.05) is 63.8 Å². The predicted octanol–water partition coefficient (Wildman–Crippen LogP) is 3.77. The van der Waals surface area contributed by atoms with Crippen molar-refractivity contribution in [3.63, 3.8) is 0 Å². The van der Waals surface area contributed by atoms with Gasteiger partial charge in [-0.25, -0.2) is 0 Å². The number of likely N-dealkylation sites (tertiary alicyclic amines) is 1. The second-order valence-electron chi connectivity index (χ2n) is 8.21. The van der Waals surface area contributed by atoms with Crippen molar-refractivity contribution >= 4 is 42.1 Å². The Bertz CT molecular complexity index is 581. The van der Waals surface area contributed by atoms with E-state index in [1.54, 1.807) is 0 Å². The Labute approximate surface area is 187 Å². The number of piperidine rings is 2. The Morgan fingerprint density at radius 1 is 0.964 bits per heavy atom. The molecule has 4 nitrogen and oxygen atoms in total. The lowest BCUT2D eigenvalue weighted by Gasteiger charge is -2.42. The van der Waals surface area contributed by atoms with Crippen LogP contribution in [0.15, 0.2) is 24.3 Å². The van der Waals surface area contributed by atoms with E-state index in [1.165, 1.54) is 77.2 Å². The minimum atomic E-state index is 0. The van der Waals surface area contributed by atoms with Gasteiger partial charge in [-0.1, -0.05) is 17.7 Å². The van der Waals surface area contributed by atoms with Crippen LogP contribution < -0.4 is 10.2 Å². The molecule has 0 radical (unpaired) electrons. The molecule has 0 unspecified atom stereocenters. The monoisotopic (exact) mass is 448 g/mol. The number of hydrogen-bond acceptors (Lipinski definition) is 4. The van der Waals surface area contributed by atoms with E-state index in [2.05, 4.69) is 38.2 Å².